The normalized spacial score (nSPS) is 35.6. The minimum Gasteiger partial charge on any atom is -0.353 e. The van der Waals surface area contributed by atoms with E-state index in [9.17, 15) is 4.79 Å². The van der Waals surface area contributed by atoms with Crippen LogP contribution in [0.5, 0.6) is 0 Å². The van der Waals surface area contributed by atoms with Crippen molar-refractivity contribution in [1.82, 2.24) is 10.6 Å². The van der Waals surface area contributed by atoms with E-state index in [0.29, 0.717) is 35.9 Å². The molecule has 0 spiro atoms. The summed E-state index contributed by atoms with van der Waals surface area (Å²) in [6.07, 6.45) is 10.4. The van der Waals surface area contributed by atoms with Gasteiger partial charge in [-0.1, -0.05) is 30.3 Å². The van der Waals surface area contributed by atoms with Crippen LogP contribution < -0.4 is 10.6 Å². The number of piperidine rings is 1. The molecule has 3 heteroatoms. The number of hydrogen-bond donors (Lipinski definition) is 2. The average molecular weight is 326 g/mol. The van der Waals surface area contributed by atoms with Gasteiger partial charge in [0.1, 0.15) is 0 Å². The zero-order valence-electron chi connectivity index (χ0n) is 14.5. The highest BCUT2D eigenvalue weighted by molar-refractivity contribution is 5.76. The smallest absolute Gasteiger partial charge is 0.220 e. The molecular weight excluding hydrogens is 296 g/mol. The highest BCUT2D eigenvalue weighted by Gasteiger charge is 2.34. The highest BCUT2D eigenvalue weighted by Crippen LogP contribution is 2.37. The Morgan fingerprint density at radius 2 is 1.62 bits per heavy atom. The van der Waals surface area contributed by atoms with E-state index in [4.69, 9.17) is 0 Å². The van der Waals surface area contributed by atoms with Crippen molar-refractivity contribution in [3.05, 3.63) is 35.9 Å². The number of carbonyl (C=O) groups excluding carboxylic acids is 1. The van der Waals surface area contributed by atoms with Crippen molar-refractivity contribution >= 4 is 5.91 Å². The van der Waals surface area contributed by atoms with E-state index in [-0.39, 0.29) is 0 Å². The largest absolute Gasteiger partial charge is 0.353 e. The molecule has 2 bridgehead atoms. The Morgan fingerprint density at radius 1 is 0.958 bits per heavy atom. The molecule has 2 heterocycles. The Morgan fingerprint density at radius 3 is 2.29 bits per heavy atom. The molecule has 3 fully saturated rings. The number of nitrogens with one attached hydrogen (secondary N) is 2. The minimum absolute atomic E-state index is 0.296. The molecule has 3 aliphatic rings. The van der Waals surface area contributed by atoms with Gasteiger partial charge in [-0.3, -0.25) is 4.79 Å². The second-order valence-corrected chi connectivity index (χ2v) is 8.21. The summed E-state index contributed by atoms with van der Waals surface area (Å²) >= 11 is 0. The van der Waals surface area contributed by atoms with Gasteiger partial charge in [-0.25, -0.2) is 0 Å². The van der Waals surface area contributed by atoms with Gasteiger partial charge in [0.05, 0.1) is 0 Å². The number of carbonyl (C=O) groups is 1. The van der Waals surface area contributed by atoms with Crippen molar-refractivity contribution in [2.45, 2.75) is 81.8 Å². The number of hydrogen-bond acceptors (Lipinski definition) is 2. The molecule has 1 aromatic carbocycles. The van der Waals surface area contributed by atoms with Gasteiger partial charge in [0.25, 0.3) is 0 Å². The summed E-state index contributed by atoms with van der Waals surface area (Å²) in [4.78, 5) is 12.4. The standard InChI is InChI=1S/C21H30N2O/c24-21(23-20-13-18-10-11-19(14-20)22-18)12-15-6-8-17(9-7-15)16-4-2-1-3-5-16/h1-5,15,17-20,22H,6-14H2,(H,23,24). The number of fused-ring (bicyclic) bond motifs is 2. The van der Waals surface area contributed by atoms with Gasteiger partial charge in [0.2, 0.25) is 5.91 Å². The fourth-order valence-electron chi connectivity index (χ4n) is 5.15. The third-order valence-electron chi connectivity index (χ3n) is 6.43. The molecule has 130 valence electrons. The third-order valence-corrected chi connectivity index (χ3v) is 6.43. The first-order chi connectivity index (χ1) is 11.8. The molecule has 3 nitrogen and oxygen atoms in total. The Kier molecular flexibility index (Phi) is 4.88. The minimum atomic E-state index is 0.296. The Bertz CT molecular complexity index is 538. The Balaban J connectivity index is 1.21. The van der Waals surface area contributed by atoms with Crippen LogP contribution in [0.15, 0.2) is 30.3 Å². The topological polar surface area (TPSA) is 41.1 Å². The van der Waals surface area contributed by atoms with Crippen molar-refractivity contribution < 1.29 is 4.79 Å². The number of amides is 1. The molecule has 2 aliphatic heterocycles. The van der Waals surface area contributed by atoms with Crippen molar-refractivity contribution in [1.29, 1.82) is 0 Å². The van der Waals surface area contributed by atoms with Gasteiger partial charge in [-0.05, 0) is 68.8 Å². The quantitative estimate of drug-likeness (QED) is 0.885. The van der Waals surface area contributed by atoms with Gasteiger partial charge in [0.15, 0.2) is 0 Å². The lowest BCUT2D eigenvalue weighted by Gasteiger charge is -2.31. The summed E-state index contributed by atoms with van der Waals surface area (Å²) in [5, 5.41) is 6.97. The lowest BCUT2D eigenvalue weighted by atomic mass is 9.77. The molecule has 1 amide bonds. The molecule has 2 saturated heterocycles. The van der Waals surface area contributed by atoms with Gasteiger partial charge < -0.3 is 10.6 Å². The van der Waals surface area contributed by atoms with Crippen LogP contribution in [0.1, 0.15) is 69.3 Å². The number of rotatable bonds is 4. The van der Waals surface area contributed by atoms with Gasteiger partial charge >= 0.3 is 0 Å². The average Bonchev–Trinajstić information content (AvgIpc) is 2.95. The van der Waals surface area contributed by atoms with Crippen molar-refractivity contribution in [3.8, 4) is 0 Å². The maximum absolute atomic E-state index is 12.4. The molecular formula is C21H30N2O. The van der Waals surface area contributed by atoms with Gasteiger partial charge in [-0.2, -0.15) is 0 Å². The highest BCUT2D eigenvalue weighted by atomic mass is 16.1. The first-order valence-electron chi connectivity index (χ1n) is 9.86. The van der Waals surface area contributed by atoms with Crippen LogP contribution in [-0.4, -0.2) is 24.0 Å². The molecule has 1 aliphatic carbocycles. The van der Waals surface area contributed by atoms with Crippen molar-refractivity contribution in [2.75, 3.05) is 0 Å². The van der Waals surface area contributed by atoms with Gasteiger partial charge in [-0.15, -0.1) is 0 Å². The van der Waals surface area contributed by atoms with Crippen LogP contribution in [-0.2, 0) is 4.79 Å². The zero-order chi connectivity index (χ0) is 16.4. The van der Waals surface area contributed by atoms with Crippen LogP contribution in [0, 0.1) is 5.92 Å². The lowest BCUT2D eigenvalue weighted by Crippen LogP contribution is -2.48. The van der Waals surface area contributed by atoms with E-state index >= 15 is 0 Å². The van der Waals surface area contributed by atoms with E-state index in [1.165, 1.54) is 44.1 Å². The first kappa shape index (κ1) is 16.1. The predicted molar refractivity (Wildman–Crippen MR) is 96.9 cm³/mol. The number of benzene rings is 1. The monoisotopic (exact) mass is 326 g/mol. The maximum atomic E-state index is 12.4. The summed E-state index contributed by atoms with van der Waals surface area (Å²) in [5.74, 6) is 1.58. The molecule has 2 unspecified atom stereocenters. The van der Waals surface area contributed by atoms with Crippen molar-refractivity contribution in [3.63, 3.8) is 0 Å². The summed E-state index contributed by atoms with van der Waals surface area (Å²) in [5.41, 5.74) is 1.48. The van der Waals surface area contributed by atoms with Crippen LogP contribution >= 0.6 is 0 Å². The molecule has 1 saturated carbocycles. The molecule has 24 heavy (non-hydrogen) atoms. The van der Waals surface area contributed by atoms with E-state index < -0.39 is 0 Å². The van der Waals surface area contributed by atoms with E-state index in [0.717, 1.165) is 19.3 Å². The summed E-state index contributed by atoms with van der Waals surface area (Å²) < 4.78 is 0. The summed E-state index contributed by atoms with van der Waals surface area (Å²) in [6.45, 7) is 0. The summed E-state index contributed by atoms with van der Waals surface area (Å²) in [6, 6.07) is 12.6. The molecule has 2 N–H and O–H groups in total. The van der Waals surface area contributed by atoms with Gasteiger partial charge in [0, 0.05) is 24.5 Å². The molecule has 4 rings (SSSR count). The first-order valence-corrected chi connectivity index (χ1v) is 9.86. The fraction of sp³-hybridized carbons (Fsp3) is 0.667. The lowest BCUT2D eigenvalue weighted by molar-refractivity contribution is -0.123. The van der Waals surface area contributed by atoms with E-state index in [1.54, 1.807) is 0 Å². The van der Waals surface area contributed by atoms with E-state index in [2.05, 4.69) is 41.0 Å². The fourth-order valence-corrected chi connectivity index (χ4v) is 5.15. The van der Waals surface area contributed by atoms with Crippen LogP contribution in [0.4, 0.5) is 0 Å². The Hall–Kier alpha value is -1.35. The second kappa shape index (κ2) is 7.26. The van der Waals surface area contributed by atoms with Crippen LogP contribution in [0.3, 0.4) is 0 Å². The molecule has 2 atom stereocenters. The molecule has 1 aromatic rings. The third kappa shape index (κ3) is 3.83. The van der Waals surface area contributed by atoms with Crippen LogP contribution in [0.25, 0.3) is 0 Å². The summed E-state index contributed by atoms with van der Waals surface area (Å²) in [7, 11) is 0. The van der Waals surface area contributed by atoms with E-state index in [1.807, 2.05) is 0 Å². The molecule has 0 aromatic heterocycles. The molecule has 0 radical (unpaired) electrons. The maximum Gasteiger partial charge on any atom is 0.220 e. The SMILES string of the molecule is O=C(CC1CCC(c2ccccc2)CC1)NC1CC2CCC(C1)N2. The second-order valence-electron chi connectivity index (χ2n) is 8.21. The zero-order valence-corrected chi connectivity index (χ0v) is 14.5. The van der Waals surface area contributed by atoms with Crippen LogP contribution in [0.2, 0.25) is 0 Å². The Labute approximate surface area is 145 Å². The van der Waals surface area contributed by atoms with Crippen molar-refractivity contribution in [2.24, 2.45) is 5.92 Å². The predicted octanol–water partition coefficient (Wildman–Crippen LogP) is 3.75.